The molecule has 1 rings (SSSR count). The molecule has 1 fully saturated rings. The fourth-order valence-electron chi connectivity index (χ4n) is 1.35. The Morgan fingerprint density at radius 3 is 2.07 bits per heavy atom. The van der Waals surface area contributed by atoms with Crippen LogP contribution in [0.25, 0.3) is 0 Å². The molecule has 0 radical (unpaired) electrons. The first kappa shape index (κ1) is 11.8. The van der Waals surface area contributed by atoms with Crippen LogP contribution >= 0.6 is 0 Å². The number of hydrogen-bond acceptors (Lipinski definition) is 7. The van der Waals surface area contributed by atoms with Gasteiger partial charge in [-0.15, -0.1) is 0 Å². The Morgan fingerprint density at radius 2 is 1.64 bits per heavy atom. The third kappa shape index (κ3) is 1.75. The first-order chi connectivity index (χ1) is 6.46. The zero-order chi connectivity index (χ0) is 10.9. The second kappa shape index (κ2) is 4.07. The molecule has 0 amide bonds. The maximum atomic E-state index is 9.43. The average Bonchev–Trinajstić information content (AvgIpc) is 2.20. The van der Waals surface area contributed by atoms with Crippen molar-refractivity contribution < 1.29 is 35.4 Å². The third-order valence-electron chi connectivity index (χ3n) is 2.28. The highest BCUT2D eigenvalue weighted by molar-refractivity contribution is 4.95. The van der Waals surface area contributed by atoms with Gasteiger partial charge in [-0.25, -0.2) is 0 Å². The van der Waals surface area contributed by atoms with Crippen molar-refractivity contribution in [2.75, 3.05) is 13.2 Å². The highest BCUT2D eigenvalue weighted by atomic mass is 16.7. The van der Waals surface area contributed by atoms with Gasteiger partial charge in [0.25, 0.3) is 0 Å². The number of aliphatic hydroxyl groups is 6. The van der Waals surface area contributed by atoms with Gasteiger partial charge in [0.2, 0.25) is 5.79 Å². The first-order valence-electron chi connectivity index (χ1n) is 4.12. The minimum Gasteiger partial charge on any atom is -0.394 e. The SMILES string of the molecule is OC[C@H]1O[C@@](O)(CO)[C@H](O)[C@H](O)[C@@H]1O. The van der Waals surface area contributed by atoms with Crippen LogP contribution in [0.2, 0.25) is 0 Å². The maximum Gasteiger partial charge on any atom is 0.219 e. The highest BCUT2D eigenvalue weighted by Gasteiger charge is 2.52. The molecule has 0 spiro atoms. The normalized spacial score (nSPS) is 49.3. The Hall–Kier alpha value is -0.280. The molecule has 0 unspecified atom stereocenters. The van der Waals surface area contributed by atoms with Crippen molar-refractivity contribution in [3.63, 3.8) is 0 Å². The summed E-state index contributed by atoms with van der Waals surface area (Å²) in [6.07, 6.45) is -6.27. The van der Waals surface area contributed by atoms with E-state index in [0.29, 0.717) is 0 Å². The van der Waals surface area contributed by atoms with Crippen molar-refractivity contribution in [2.45, 2.75) is 30.2 Å². The summed E-state index contributed by atoms with van der Waals surface area (Å²) in [5.41, 5.74) is 0. The lowest BCUT2D eigenvalue weighted by molar-refractivity contribution is -0.357. The molecule has 0 aliphatic carbocycles. The summed E-state index contributed by atoms with van der Waals surface area (Å²) in [5, 5.41) is 54.6. The summed E-state index contributed by atoms with van der Waals surface area (Å²) in [4.78, 5) is 0. The van der Waals surface area contributed by atoms with Gasteiger partial charge >= 0.3 is 0 Å². The number of aliphatic hydroxyl groups excluding tert-OH is 5. The van der Waals surface area contributed by atoms with E-state index in [2.05, 4.69) is 4.74 Å². The Kier molecular flexibility index (Phi) is 3.43. The molecular weight excluding hydrogens is 196 g/mol. The van der Waals surface area contributed by atoms with Gasteiger partial charge in [-0.1, -0.05) is 0 Å². The van der Waals surface area contributed by atoms with Crippen molar-refractivity contribution in [2.24, 2.45) is 0 Å². The number of ether oxygens (including phenoxy) is 1. The Balaban J connectivity index is 2.84. The van der Waals surface area contributed by atoms with E-state index in [1.807, 2.05) is 0 Å². The van der Waals surface area contributed by atoms with Crippen molar-refractivity contribution in [3.05, 3.63) is 0 Å². The molecule has 0 bridgehead atoms. The van der Waals surface area contributed by atoms with E-state index in [0.717, 1.165) is 0 Å². The number of rotatable bonds is 2. The standard InChI is InChI=1S/C7H14O7/c8-1-3-4(10)5(11)6(12)7(13,2-9)14-3/h3-6,8-13H,1-2H2/t3-,4-,5-,6-,7+/m1/s1. The topological polar surface area (TPSA) is 131 Å². The van der Waals surface area contributed by atoms with Crippen LogP contribution in [0.4, 0.5) is 0 Å². The zero-order valence-corrected chi connectivity index (χ0v) is 7.32. The molecule has 1 aliphatic heterocycles. The fourth-order valence-corrected chi connectivity index (χ4v) is 1.35. The van der Waals surface area contributed by atoms with Crippen molar-refractivity contribution >= 4 is 0 Å². The molecule has 84 valence electrons. The number of hydrogen-bond donors (Lipinski definition) is 6. The molecule has 5 atom stereocenters. The monoisotopic (exact) mass is 210 g/mol. The van der Waals surface area contributed by atoms with Gasteiger partial charge in [0.15, 0.2) is 0 Å². The van der Waals surface area contributed by atoms with Gasteiger partial charge in [-0.3, -0.25) is 0 Å². The lowest BCUT2D eigenvalue weighted by atomic mass is 9.93. The molecule has 0 aromatic heterocycles. The molecule has 0 aromatic rings. The van der Waals surface area contributed by atoms with E-state index < -0.39 is 43.4 Å². The maximum absolute atomic E-state index is 9.43. The van der Waals surface area contributed by atoms with E-state index in [1.54, 1.807) is 0 Å². The molecule has 0 aromatic carbocycles. The highest BCUT2D eigenvalue weighted by Crippen LogP contribution is 2.27. The molecule has 7 heteroatoms. The largest absolute Gasteiger partial charge is 0.394 e. The minimum atomic E-state index is -2.36. The summed E-state index contributed by atoms with van der Waals surface area (Å²) in [7, 11) is 0. The predicted molar refractivity (Wildman–Crippen MR) is 42.0 cm³/mol. The quantitative estimate of drug-likeness (QED) is 0.275. The predicted octanol–water partition coefficient (Wildman–Crippen LogP) is -3.86. The second-order valence-corrected chi connectivity index (χ2v) is 3.27. The smallest absolute Gasteiger partial charge is 0.219 e. The van der Waals surface area contributed by atoms with Gasteiger partial charge in [-0.2, -0.15) is 0 Å². The summed E-state index contributed by atoms with van der Waals surface area (Å²) in [6.45, 7) is -1.60. The molecule has 1 heterocycles. The first-order valence-corrected chi connectivity index (χ1v) is 4.12. The zero-order valence-electron chi connectivity index (χ0n) is 7.32. The van der Waals surface area contributed by atoms with Crippen molar-refractivity contribution in [1.82, 2.24) is 0 Å². The van der Waals surface area contributed by atoms with Gasteiger partial charge in [-0.05, 0) is 0 Å². The van der Waals surface area contributed by atoms with Crippen LogP contribution in [-0.4, -0.2) is 74.1 Å². The molecular formula is C7H14O7. The molecule has 7 nitrogen and oxygen atoms in total. The summed E-state index contributed by atoms with van der Waals surface area (Å²) >= 11 is 0. The van der Waals surface area contributed by atoms with Gasteiger partial charge in [0, 0.05) is 0 Å². The second-order valence-electron chi connectivity index (χ2n) is 3.27. The van der Waals surface area contributed by atoms with Gasteiger partial charge < -0.3 is 35.4 Å². The van der Waals surface area contributed by atoms with Crippen LogP contribution in [0.15, 0.2) is 0 Å². The summed E-state index contributed by atoms with van der Waals surface area (Å²) < 4.78 is 4.66. The minimum absolute atomic E-state index is 0.646. The van der Waals surface area contributed by atoms with Crippen molar-refractivity contribution in [3.8, 4) is 0 Å². The Labute approximate surface area is 79.8 Å². The van der Waals surface area contributed by atoms with Crippen LogP contribution in [-0.2, 0) is 4.74 Å². The molecule has 1 aliphatic rings. The summed E-state index contributed by atoms with van der Waals surface area (Å²) in [5.74, 6) is -2.36. The molecule has 14 heavy (non-hydrogen) atoms. The van der Waals surface area contributed by atoms with E-state index in [-0.39, 0.29) is 0 Å². The van der Waals surface area contributed by atoms with E-state index >= 15 is 0 Å². The van der Waals surface area contributed by atoms with Gasteiger partial charge in [0.1, 0.15) is 24.4 Å². The lowest BCUT2D eigenvalue weighted by Crippen LogP contribution is -2.66. The van der Waals surface area contributed by atoms with E-state index in [9.17, 15) is 20.4 Å². The fraction of sp³-hybridized carbons (Fsp3) is 1.00. The van der Waals surface area contributed by atoms with Gasteiger partial charge in [0.05, 0.1) is 13.2 Å². The van der Waals surface area contributed by atoms with Crippen LogP contribution < -0.4 is 0 Å². The molecule has 0 saturated carbocycles. The van der Waals surface area contributed by atoms with Crippen LogP contribution in [0, 0.1) is 0 Å². The van der Waals surface area contributed by atoms with Crippen LogP contribution in [0.3, 0.4) is 0 Å². The lowest BCUT2D eigenvalue weighted by Gasteiger charge is -2.44. The van der Waals surface area contributed by atoms with Crippen molar-refractivity contribution in [1.29, 1.82) is 0 Å². The molecule has 1 saturated heterocycles. The van der Waals surface area contributed by atoms with Crippen LogP contribution in [0.5, 0.6) is 0 Å². The third-order valence-corrected chi connectivity index (χ3v) is 2.28. The Morgan fingerprint density at radius 1 is 1.07 bits per heavy atom. The van der Waals surface area contributed by atoms with Crippen LogP contribution in [0.1, 0.15) is 0 Å². The Bertz CT molecular complexity index is 196. The average molecular weight is 210 g/mol. The van der Waals surface area contributed by atoms with E-state index in [4.69, 9.17) is 10.2 Å². The van der Waals surface area contributed by atoms with E-state index in [1.165, 1.54) is 0 Å². The molecule has 6 N–H and O–H groups in total. The summed E-state index contributed by atoms with van der Waals surface area (Å²) in [6, 6.07) is 0.